The molecule has 1 aromatic rings. The number of amides is 1. The summed E-state index contributed by atoms with van der Waals surface area (Å²) in [5, 5.41) is 0. The zero-order valence-corrected chi connectivity index (χ0v) is 12.1. The molecule has 0 saturated heterocycles. The SMILES string of the molecule is CCC(N)CC(=O)N(C)CCOc1ccccc1C. The van der Waals surface area contributed by atoms with Gasteiger partial charge in [0.15, 0.2) is 0 Å². The summed E-state index contributed by atoms with van der Waals surface area (Å²) in [6.45, 7) is 5.06. The number of rotatable bonds is 7. The van der Waals surface area contributed by atoms with Gasteiger partial charge in [0.25, 0.3) is 0 Å². The molecule has 0 heterocycles. The van der Waals surface area contributed by atoms with Gasteiger partial charge in [-0.3, -0.25) is 4.79 Å². The van der Waals surface area contributed by atoms with Gasteiger partial charge in [-0.15, -0.1) is 0 Å². The Morgan fingerprint density at radius 1 is 1.42 bits per heavy atom. The predicted molar refractivity (Wildman–Crippen MR) is 77.2 cm³/mol. The van der Waals surface area contributed by atoms with Crippen molar-refractivity contribution < 1.29 is 9.53 Å². The van der Waals surface area contributed by atoms with Gasteiger partial charge >= 0.3 is 0 Å². The lowest BCUT2D eigenvalue weighted by atomic mass is 10.1. The Balaban J connectivity index is 2.33. The van der Waals surface area contributed by atoms with Crippen LogP contribution < -0.4 is 10.5 Å². The summed E-state index contributed by atoms with van der Waals surface area (Å²) >= 11 is 0. The molecule has 1 atom stereocenters. The summed E-state index contributed by atoms with van der Waals surface area (Å²) in [5.41, 5.74) is 6.87. The first-order chi connectivity index (χ1) is 9.04. The third kappa shape index (κ3) is 5.30. The molecule has 106 valence electrons. The summed E-state index contributed by atoms with van der Waals surface area (Å²) in [6, 6.07) is 7.81. The normalized spacial score (nSPS) is 12.0. The van der Waals surface area contributed by atoms with Gasteiger partial charge < -0.3 is 15.4 Å². The number of carbonyl (C=O) groups excluding carboxylic acids is 1. The first-order valence-corrected chi connectivity index (χ1v) is 6.72. The number of ether oxygens (including phenoxy) is 1. The Kier molecular flexibility index (Phi) is 6.36. The molecule has 1 rings (SSSR count). The van der Waals surface area contributed by atoms with Crippen molar-refractivity contribution in [3.63, 3.8) is 0 Å². The standard InChI is InChI=1S/C15H24N2O2/c1-4-13(16)11-15(18)17(3)9-10-19-14-8-6-5-7-12(14)2/h5-8,13H,4,9-11,16H2,1-3H3. The molecule has 1 amide bonds. The highest BCUT2D eigenvalue weighted by molar-refractivity contribution is 5.76. The first-order valence-electron chi connectivity index (χ1n) is 6.72. The third-order valence-electron chi connectivity index (χ3n) is 3.16. The van der Waals surface area contributed by atoms with Gasteiger partial charge in [0, 0.05) is 19.5 Å². The molecule has 0 bridgehead atoms. The Hall–Kier alpha value is -1.55. The van der Waals surface area contributed by atoms with Crippen LogP contribution in [0.3, 0.4) is 0 Å². The maximum Gasteiger partial charge on any atom is 0.223 e. The first kappa shape index (κ1) is 15.5. The second-order valence-electron chi connectivity index (χ2n) is 4.80. The number of hydrogen-bond acceptors (Lipinski definition) is 3. The Bertz CT molecular complexity index is 407. The number of nitrogens with zero attached hydrogens (tertiary/aromatic N) is 1. The lowest BCUT2D eigenvalue weighted by Gasteiger charge is -2.19. The van der Waals surface area contributed by atoms with E-state index in [4.69, 9.17) is 10.5 Å². The third-order valence-corrected chi connectivity index (χ3v) is 3.16. The van der Waals surface area contributed by atoms with Gasteiger partial charge in [0.2, 0.25) is 5.91 Å². The molecule has 4 heteroatoms. The van der Waals surface area contributed by atoms with Crippen LogP contribution in [0, 0.1) is 6.92 Å². The lowest BCUT2D eigenvalue weighted by molar-refractivity contribution is -0.130. The predicted octanol–water partition coefficient (Wildman–Crippen LogP) is 1.96. The average molecular weight is 264 g/mol. The molecule has 0 aliphatic heterocycles. The maximum atomic E-state index is 11.8. The van der Waals surface area contributed by atoms with Crippen LogP contribution >= 0.6 is 0 Å². The monoisotopic (exact) mass is 264 g/mol. The fourth-order valence-corrected chi connectivity index (χ4v) is 1.66. The van der Waals surface area contributed by atoms with Gasteiger partial charge in [0.1, 0.15) is 12.4 Å². The molecule has 4 nitrogen and oxygen atoms in total. The van der Waals surface area contributed by atoms with Crippen LogP contribution in [0.1, 0.15) is 25.3 Å². The summed E-state index contributed by atoms with van der Waals surface area (Å²) in [4.78, 5) is 13.5. The summed E-state index contributed by atoms with van der Waals surface area (Å²) in [5.74, 6) is 0.941. The smallest absolute Gasteiger partial charge is 0.223 e. The summed E-state index contributed by atoms with van der Waals surface area (Å²) in [7, 11) is 1.78. The van der Waals surface area contributed by atoms with E-state index >= 15 is 0 Å². The van der Waals surface area contributed by atoms with E-state index in [1.165, 1.54) is 0 Å². The van der Waals surface area contributed by atoms with E-state index < -0.39 is 0 Å². The number of benzene rings is 1. The van der Waals surface area contributed by atoms with E-state index in [9.17, 15) is 4.79 Å². The number of para-hydroxylation sites is 1. The molecular weight excluding hydrogens is 240 g/mol. The van der Waals surface area contributed by atoms with Crippen molar-refractivity contribution in [2.24, 2.45) is 5.73 Å². The van der Waals surface area contributed by atoms with Crippen molar-refractivity contribution >= 4 is 5.91 Å². The van der Waals surface area contributed by atoms with Crippen molar-refractivity contribution in [3.8, 4) is 5.75 Å². The van der Waals surface area contributed by atoms with Gasteiger partial charge in [0.05, 0.1) is 6.54 Å². The zero-order valence-electron chi connectivity index (χ0n) is 12.1. The van der Waals surface area contributed by atoms with E-state index in [-0.39, 0.29) is 11.9 Å². The molecule has 0 aliphatic carbocycles. The number of nitrogens with two attached hydrogens (primary N) is 1. The zero-order chi connectivity index (χ0) is 14.3. The topological polar surface area (TPSA) is 55.6 Å². The highest BCUT2D eigenvalue weighted by Gasteiger charge is 2.12. The minimum atomic E-state index is -0.0489. The molecule has 1 aromatic carbocycles. The van der Waals surface area contributed by atoms with Gasteiger partial charge in [-0.25, -0.2) is 0 Å². The molecule has 0 spiro atoms. The molecular formula is C15H24N2O2. The summed E-state index contributed by atoms with van der Waals surface area (Å²) in [6.07, 6.45) is 1.22. The number of aryl methyl sites for hydroxylation is 1. The minimum Gasteiger partial charge on any atom is -0.491 e. The molecule has 0 fully saturated rings. The van der Waals surface area contributed by atoms with Crippen LogP contribution in [0.15, 0.2) is 24.3 Å². The molecule has 19 heavy (non-hydrogen) atoms. The highest BCUT2D eigenvalue weighted by Crippen LogP contribution is 2.15. The highest BCUT2D eigenvalue weighted by atomic mass is 16.5. The number of hydrogen-bond donors (Lipinski definition) is 1. The van der Waals surface area contributed by atoms with E-state index in [1.54, 1.807) is 11.9 Å². The van der Waals surface area contributed by atoms with Crippen molar-refractivity contribution in [3.05, 3.63) is 29.8 Å². The van der Waals surface area contributed by atoms with Crippen LogP contribution in [-0.2, 0) is 4.79 Å². The van der Waals surface area contributed by atoms with E-state index in [0.717, 1.165) is 17.7 Å². The Morgan fingerprint density at radius 3 is 2.74 bits per heavy atom. The molecule has 2 N–H and O–H groups in total. The van der Waals surface area contributed by atoms with E-state index in [2.05, 4.69) is 0 Å². The lowest BCUT2D eigenvalue weighted by Crippen LogP contribution is -2.35. The van der Waals surface area contributed by atoms with Crippen molar-refractivity contribution in [2.75, 3.05) is 20.2 Å². The van der Waals surface area contributed by atoms with Gasteiger partial charge in [-0.05, 0) is 25.0 Å². The van der Waals surface area contributed by atoms with Crippen LogP contribution in [-0.4, -0.2) is 37.0 Å². The maximum absolute atomic E-state index is 11.8. The van der Waals surface area contributed by atoms with Gasteiger partial charge in [-0.2, -0.15) is 0 Å². The summed E-state index contributed by atoms with van der Waals surface area (Å²) < 4.78 is 5.66. The van der Waals surface area contributed by atoms with E-state index in [1.807, 2.05) is 38.1 Å². The Labute approximate surface area is 115 Å². The fourth-order valence-electron chi connectivity index (χ4n) is 1.66. The minimum absolute atomic E-state index is 0.0489. The molecule has 0 aliphatic rings. The van der Waals surface area contributed by atoms with Crippen molar-refractivity contribution in [2.45, 2.75) is 32.7 Å². The second kappa shape index (κ2) is 7.79. The molecule has 0 radical (unpaired) electrons. The molecule has 0 aromatic heterocycles. The number of carbonyl (C=O) groups is 1. The molecule has 1 unspecified atom stereocenters. The van der Waals surface area contributed by atoms with Crippen LogP contribution in [0.4, 0.5) is 0 Å². The van der Waals surface area contributed by atoms with Crippen LogP contribution in [0.2, 0.25) is 0 Å². The number of likely N-dealkylation sites (N-methyl/N-ethyl adjacent to an activating group) is 1. The van der Waals surface area contributed by atoms with E-state index in [0.29, 0.717) is 19.6 Å². The van der Waals surface area contributed by atoms with Crippen molar-refractivity contribution in [1.82, 2.24) is 4.90 Å². The largest absolute Gasteiger partial charge is 0.491 e. The fraction of sp³-hybridized carbons (Fsp3) is 0.533. The van der Waals surface area contributed by atoms with Crippen LogP contribution in [0.5, 0.6) is 5.75 Å². The molecule has 0 saturated carbocycles. The van der Waals surface area contributed by atoms with Crippen molar-refractivity contribution in [1.29, 1.82) is 0 Å². The van der Waals surface area contributed by atoms with Gasteiger partial charge in [-0.1, -0.05) is 25.1 Å². The second-order valence-corrected chi connectivity index (χ2v) is 4.80. The quantitative estimate of drug-likeness (QED) is 0.819. The average Bonchev–Trinajstić information content (AvgIpc) is 2.40. The Morgan fingerprint density at radius 2 is 2.11 bits per heavy atom. The van der Waals surface area contributed by atoms with Crippen LogP contribution in [0.25, 0.3) is 0 Å².